The molecular formula is C17H13BrN2O3. The lowest BCUT2D eigenvalue weighted by Gasteiger charge is -2.09. The number of carbonyl (C=O) groups is 1. The van der Waals surface area contributed by atoms with E-state index in [1.807, 2.05) is 30.3 Å². The number of esters is 1. The topological polar surface area (TPSA) is 61.2 Å². The number of aromatic nitrogens is 2. The van der Waals surface area contributed by atoms with Gasteiger partial charge in [0.1, 0.15) is 17.8 Å². The monoisotopic (exact) mass is 372 g/mol. The Kier molecular flexibility index (Phi) is 4.25. The number of hydrogen-bond acceptors (Lipinski definition) is 4. The van der Waals surface area contributed by atoms with Gasteiger partial charge >= 0.3 is 5.97 Å². The maximum absolute atomic E-state index is 12.5. The number of carbonyl (C=O) groups excluding carboxylic acids is 1. The van der Waals surface area contributed by atoms with E-state index in [1.165, 1.54) is 6.20 Å². The van der Waals surface area contributed by atoms with Gasteiger partial charge in [0.2, 0.25) is 5.43 Å². The summed E-state index contributed by atoms with van der Waals surface area (Å²) in [6.07, 6.45) is 3.06. The van der Waals surface area contributed by atoms with Gasteiger partial charge in [0, 0.05) is 23.9 Å². The molecule has 2 heterocycles. The Morgan fingerprint density at radius 1 is 1.30 bits per heavy atom. The van der Waals surface area contributed by atoms with Crippen molar-refractivity contribution in [3.8, 4) is 0 Å². The zero-order valence-corrected chi connectivity index (χ0v) is 13.9. The Balaban J connectivity index is 1.94. The molecule has 23 heavy (non-hydrogen) atoms. The summed E-state index contributed by atoms with van der Waals surface area (Å²) in [5.41, 5.74) is 0.987. The maximum atomic E-state index is 12.5. The Morgan fingerprint density at radius 2 is 2.04 bits per heavy atom. The minimum Gasteiger partial charge on any atom is -0.457 e. The third-order valence-electron chi connectivity index (χ3n) is 3.41. The number of nitrogens with zero attached hydrogens (tertiary/aromatic N) is 2. The van der Waals surface area contributed by atoms with Crippen molar-refractivity contribution in [2.75, 3.05) is 0 Å². The normalized spacial score (nSPS) is 10.7. The molecule has 2 aromatic heterocycles. The first-order valence-electron chi connectivity index (χ1n) is 6.92. The van der Waals surface area contributed by atoms with Gasteiger partial charge in [0.05, 0.1) is 5.39 Å². The molecule has 0 aliphatic carbocycles. The summed E-state index contributed by atoms with van der Waals surface area (Å²) in [6.45, 7) is 0.123. The Hall–Kier alpha value is -2.47. The summed E-state index contributed by atoms with van der Waals surface area (Å²) >= 11 is 3.29. The van der Waals surface area contributed by atoms with Gasteiger partial charge in [-0.05, 0) is 27.6 Å². The van der Waals surface area contributed by atoms with E-state index in [0.717, 1.165) is 5.56 Å². The van der Waals surface area contributed by atoms with E-state index in [-0.39, 0.29) is 17.6 Å². The zero-order chi connectivity index (χ0) is 16.4. The molecule has 1 aromatic carbocycles. The fourth-order valence-corrected chi connectivity index (χ4v) is 2.62. The van der Waals surface area contributed by atoms with Gasteiger partial charge in [-0.25, -0.2) is 9.78 Å². The molecule has 5 nitrogen and oxygen atoms in total. The maximum Gasteiger partial charge on any atom is 0.344 e. The van der Waals surface area contributed by atoms with Gasteiger partial charge in [-0.2, -0.15) is 0 Å². The first-order valence-corrected chi connectivity index (χ1v) is 7.71. The van der Waals surface area contributed by atoms with Crippen LogP contribution in [0.1, 0.15) is 15.9 Å². The van der Waals surface area contributed by atoms with Crippen LogP contribution in [-0.4, -0.2) is 15.5 Å². The van der Waals surface area contributed by atoms with E-state index in [1.54, 1.807) is 23.9 Å². The van der Waals surface area contributed by atoms with Gasteiger partial charge < -0.3 is 9.30 Å². The average Bonchev–Trinajstić information content (AvgIpc) is 2.56. The van der Waals surface area contributed by atoms with Crippen LogP contribution in [0.3, 0.4) is 0 Å². The molecule has 0 saturated carbocycles. The Bertz CT molecular complexity index is 936. The van der Waals surface area contributed by atoms with Crippen molar-refractivity contribution in [1.82, 2.24) is 9.55 Å². The molecule has 0 unspecified atom stereocenters. The molecule has 0 amide bonds. The van der Waals surface area contributed by atoms with Crippen LogP contribution in [0.2, 0.25) is 0 Å². The molecule has 0 aliphatic rings. The highest BCUT2D eigenvalue weighted by molar-refractivity contribution is 9.10. The van der Waals surface area contributed by atoms with E-state index in [2.05, 4.69) is 20.9 Å². The number of ether oxygens (including phenoxy) is 1. The van der Waals surface area contributed by atoms with Gasteiger partial charge in [-0.15, -0.1) is 0 Å². The summed E-state index contributed by atoms with van der Waals surface area (Å²) < 4.78 is 7.56. The third kappa shape index (κ3) is 3.17. The predicted octanol–water partition coefficient (Wildman–Crippen LogP) is 3.05. The van der Waals surface area contributed by atoms with E-state index in [0.29, 0.717) is 15.5 Å². The predicted molar refractivity (Wildman–Crippen MR) is 90.2 cm³/mol. The second-order valence-corrected chi connectivity index (χ2v) is 5.98. The van der Waals surface area contributed by atoms with Crippen molar-refractivity contribution in [2.24, 2.45) is 7.05 Å². The van der Waals surface area contributed by atoms with Crippen molar-refractivity contribution in [3.05, 3.63) is 74.6 Å². The minimum atomic E-state index is -0.642. The largest absolute Gasteiger partial charge is 0.457 e. The van der Waals surface area contributed by atoms with Crippen LogP contribution in [-0.2, 0) is 18.4 Å². The van der Waals surface area contributed by atoms with Crippen LogP contribution in [0.15, 0.2) is 58.1 Å². The van der Waals surface area contributed by atoms with Gasteiger partial charge in [-0.3, -0.25) is 4.79 Å². The molecule has 0 fully saturated rings. The second-order valence-electron chi connectivity index (χ2n) is 5.07. The van der Waals surface area contributed by atoms with Crippen LogP contribution in [0.5, 0.6) is 0 Å². The molecule has 116 valence electrons. The van der Waals surface area contributed by atoms with Crippen molar-refractivity contribution in [1.29, 1.82) is 0 Å². The third-order valence-corrected chi connectivity index (χ3v) is 3.85. The molecule has 3 aromatic rings. The fraction of sp³-hybridized carbons (Fsp3) is 0.118. The summed E-state index contributed by atoms with van der Waals surface area (Å²) in [5.74, 6) is -0.642. The lowest BCUT2D eigenvalue weighted by atomic mass is 10.2. The number of benzene rings is 1. The molecule has 0 aliphatic heterocycles. The minimum absolute atomic E-state index is 0.00386. The average molecular weight is 373 g/mol. The number of fused-ring (bicyclic) bond motifs is 1. The molecule has 0 radical (unpaired) electrons. The highest BCUT2D eigenvalue weighted by atomic mass is 79.9. The van der Waals surface area contributed by atoms with E-state index < -0.39 is 5.97 Å². The highest BCUT2D eigenvalue weighted by Gasteiger charge is 2.16. The number of aryl methyl sites for hydroxylation is 1. The zero-order valence-electron chi connectivity index (χ0n) is 12.3. The Morgan fingerprint density at radius 3 is 2.78 bits per heavy atom. The van der Waals surface area contributed by atoms with E-state index in [4.69, 9.17) is 4.74 Å². The standard InChI is InChI=1S/C17H13BrN2O3/c1-20-9-14(15(21)13-7-12(18)8-19-16(13)20)17(22)23-10-11-5-3-2-4-6-11/h2-9H,10H2,1H3. The van der Waals surface area contributed by atoms with Crippen LogP contribution >= 0.6 is 15.9 Å². The summed E-state index contributed by atoms with van der Waals surface area (Å²) in [4.78, 5) is 29.0. The number of pyridine rings is 2. The van der Waals surface area contributed by atoms with Gasteiger partial charge in [0.25, 0.3) is 0 Å². The second kappa shape index (κ2) is 6.34. The van der Waals surface area contributed by atoms with Crippen molar-refractivity contribution in [3.63, 3.8) is 0 Å². The fourth-order valence-electron chi connectivity index (χ4n) is 2.28. The molecule has 0 atom stereocenters. The van der Waals surface area contributed by atoms with E-state index in [9.17, 15) is 9.59 Å². The van der Waals surface area contributed by atoms with Crippen LogP contribution in [0.25, 0.3) is 11.0 Å². The molecule has 0 saturated heterocycles. The number of hydrogen-bond donors (Lipinski definition) is 0. The van der Waals surface area contributed by atoms with Crippen LogP contribution < -0.4 is 5.43 Å². The molecule has 3 rings (SSSR count). The molecular weight excluding hydrogens is 360 g/mol. The lowest BCUT2D eigenvalue weighted by molar-refractivity contribution is 0.0470. The smallest absolute Gasteiger partial charge is 0.344 e. The summed E-state index contributed by atoms with van der Waals surface area (Å²) in [7, 11) is 1.73. The number of halogens is 1. The molecule has 0 bridgehead atoms. The quantitative estimate of drug-likeness (QED) is 0.662. The molecule has 0 N–H and O–H groups in total. The Labute approximate surface area is 140 Å². The van der Waals surface area contributed by atoms with Crippen LogP contribution in [0, 0.1) is 0 Å². The lowest BCUT2D eigenvalue weighted by Crippen LogP contribution is -2.20. The molecule has 0 spiro atoms. The first-order chi connectivity index (χ1) is 11.1. The van der Waals surface area contributed by atoms with Crippen molar-refractivity contribution in [2.45, 2.75) is 6.61 Å². The van der Waals surface area contributed by atoms with Crippen molar-refractivity contribution >= 4 is 32.9 Å². The van der Waals surface area contributed by atoms with Gasteiger partial charge in [0.15, 0.2) is 0 Å². The highest BCUT2D eigenvalue weighted by Crippen LogP contribution is 2.15. The van der Waals surface area contributed by atoms with Crippen LogP contribution in [0.4, 0.5) is 0 Å². The number of rotatable bonds is 3. The molecule has 6 heteroatoms. The van der Waals surface area contributed by atoms with E-state index >= 15 is 0 Å². The summed E-state index contributed by atoms with van der Waals surface area (Å²) in [5, 5.41) is 0.371. The van der Waals surface area contributed by atoms with Gasteiger partial charge in [-0.1, -0.05) is 30.3 Å². The first kappa shape index (κ1) is 15.4. The summed E-state index contributed by atoms with van der Waals surface area (Å²) in [6, 6.07) is 11.0. The van der Waals surface area contributed by atoms with Crippen molar-refractivity contribution < 1.29 is 9.53 Å². The SMILES string of the molecule is Cn1cc(C(=O)OCc2ccccc2)c(=O)c2cc(Br)cnc21.